The Kier molecular flexibility index (Phi) is 4.34. The number of carbonyl (C=O) groups is 1. The van der Waals surface area contributed by atoms with Gasteiger partial charge in [0.25, 0.3) is 0 Å². The summed E-state index contributed by atoms with van der Waals surface area (Å²) in [6, 6.07) is 2.75. The third kappa shape index (κ3) is 3.74. The Morgan fingerprint density at radius 3 is 2.59 bits per heavy atom. The molecule has 0 saturated carbocycles. The number of alkyl halides is 3. The van der Waals surface area contributed by atoms with Crippen molar-refractivity contribution in [3.8, 4) is 5.69 Å². The predicted molar refractivity (Wildman–Crippen MR) is 73.7 cm³/mol. The third-order valence-corrected chi connectivity index (χ3v) is 2.65. The molecule has 0 fully saturated rings. The quantitative estimate of drug-likeness (QED) is 0.915. The highest BCUT2D eigenvalue weighted by atomic mass is 19.4. The number of halogens is 3. The molecule has 22 heavy (non-hydrogen) atoms. The van der Waals surface area contributed by atoms with Crippen molar-refractivity contribution in [2.75, 3.05) is 5.32 Å². The lowest BCUT2D eigenvalue weighted by Crippen LogP contribution is -2.34. The van der Waals surface area contributed by atoms with E-state index in [4.69, 9.17) is 0 Å². The van der Waals surface area contributed by atoms with Crippen molar-refractivity contribution in [1.29, 1.82) is 0 Å². The van der Waals surface area contributed by atoms with E-state index >= 15 is 0 Å². The van der Waals surface area contributed by atoms with Crippen molar-refractivity contribution in [2.24, 2.45) is 0 Å². The normalized spacial score (nSPS) is 11.5. The number of anilines is 1. The predicted octanol–water partition coefficient (Wildman–Crippen LogP) is 2.82. The number of hydrogen-bond acceptors (Lipinski definition) is 3. The van der Waals surface area contributed by atoms with Crippen LogP contribution in [-0.2, 0) is 6.18 Å². The Hall–Kier alpha value is -2.58. The summed E-state index contributed by atoms with van der Waals surface area (Å²) in [7, 11) is 0. The largest absolute Gasteiger partial charge is 0.418 e. The van der Waals surface area contributed by atoms with E-state index in [1.165, 1.54) is 18.5 Å². The highest BCUT2D eigenvalue weighted by Gasteiger charge is 2.34. The van der Waals surface area contributed by atoms with Gasteiger partial charge in [0.1, 0.15) is 12.7 Å². The summed E-state index contributed by atoms with van der Waals surface area (Å²) < 4.78 is 40.5. The molecule has 0 radical (unpaired) electrons. The second-order valence-corrected chi connectivity index (χ2v) is 4.82. The highest BCUT2D eigenvalue weighted by Crippen LogP contribution is 2.35. The van der Waals surface area contributed by atoms with Crippen molar-refractivity contribution in [3.05, 3.63) is 36.4 Å². The van der Waals surface area contributed by atoms with E-state index < -0.39 is 17.8 Å². The Morgan fingerprint density at radius 2 is 2.05 bits per heavy atom. The molecule has 0 bridgehead atoms. The molecule has 2 amide bonds. The maximum Gasteiger partial charge on any atom is 0.418 e. The minimum atomic E-state index is -4.59. The van der Waals surface area contributed by atoms with Crippen LogP contribution >= 0.6 is 0 Å². The van der Waals surface area contributed by atoms with Gasteiger partial charge >= 0.3 is 12.2 Å². The van der Waals surface area contributed by atoms with Gasteiger partial charge in [0.05, 0.1) is 11.3 Å². The first-order chi connectivity index (χ1) is 10.3. The van der Waals surface area contributed by atoms with E-state index in [9.17, 15) is 18.0 Å². The van der Waals surface area contributed by atoms with Gasteiger partial charge in [-0.1, -0.05) is 0 Å². The first-order valence-corrected chi connectivity index (χ1v) is 6.41. The van der Waals surface area contributed by atoms with Gasteiger partial charge in [-0.25, -0.2) is 14.5 Å². The summed E-state index contributed by atoms with van der Waals surface area (Å²) >= 11 is 0. The topological polar surface area (TPSA) is 71.8 Å². The zero-order valence-corrected chi connectivity index (χ0v) is 11.8. The number of benzene rings is 1. The van der Waals surface area contributed by atoms with Crippen LogP contribution in [0.5, 0.6) is 0 Å². The molecule has 0 saturated heterocycles. The van der Waals surface area contributed by atoms with Crippen LogP contribution < -0.4 is 10.6 Å². The first kappa shape index (κ1) is 15.8. The van der Waals surface area contributed by atoms with Crippen LogP contribution in [0.15, 0.2) is 30.9 Å². The summed E-state index contributed by atoms with van der Waals surface area (Å²) in [6.45, 7) is 3.49. The fraction of sp³-hybridized carbons (Fsp3) is 0.308. The molecule has 1 aromatic heterocycles. The molecule has 2 aromatic rings. The molecular weight excluding hydrogens is 299 g/mol. The van der Waals surface area contributed by atoms with Gasteiger partial charge in [0.2, 0.25) is 0 Å². The number of nitrogens with one attached hydrogen (secondary N) is 2. The summed E-state index contributed by atoms with van der Waals surface area (Å²) in [6.07, 6.45) is -2.28. The minimum Gasteiger partial charge on any atom is -0.336 e. The molecule has 6 nitrogen and oxygen atoms in total. The second kappa shape index (κ2) is 6.04. The smallest absolute Gasteiger partial charge is 0.336 e. The second-order valence-electron chi connectivity index (χ2n) is 4.82. The molecule has 2 rings (SSSR count). The average molecular weight is 313 g/mol. The number of rotatable bonds is 3. The van der Waals surface area contributed by atoms with Crippen LogP contribution in [-0.4, -0.2) is 26.8 Å². The number of amides is 2. The number of nitrogens with zero attached hydrogens (tertiary/aromatic N) is 3. The fourth-order valence-corrected chi connectivity index (χ4v) is 1.80. The number of aromatic nitrogens is 3. The van der Waals surface area contributed by atoms with Gasteiger partial charge in [-0.15, -0.1) is 0 Å². The van der Waals surface area contributed by atoms with E-state index in [0.717, 1.165) is 17.1 Å². The zero-order chi connectivity index (χ0) is 16.3. The molecule has 118 valence electrons. The van der Waals surface area contributed by atoms with Crippen molar-refractivity contribution in [3.63, 3.8) is 0 Å². The first-order valence-electron chi connectivity index (χ1n) is 6.41. The minimum absolute atomic E-state index is 0.0364. The van der Waals surface area contributed by atoms with Gasteiger partial charge in [-0.05, 0) is 32.0 Å². The molecule has 0 aliphatic heterocycles. The van der Waals surface area contributed by atoms with E-state index in [2.05, 4.69) is 20.7 Å². The SMILES string of the molecule is CC(C)NC(=O)Nc1ccc(-n2cncn2)c(C(F)(F)F)c1. The van der Waals surface area contributed by atoms with E-state index in [-0.39, 0.29) is 17.4 Å². The fourth-order valence-electron chi connectivity index (χ4n) is 1.80. The molecule has 0 aliphatic carbocycles. The highest BCUT2D eigenvalue weighted by molar-refractivity contribution is 5.89. The standard InChI is InChI=1S/C13H14F3N5O/c1-8(2)19-12(22)20-9-3-4-11(21-7-17-6-18-21)10(5-9)13(14,15)16/h3-8H,1-2H3,(H2,19,20,22). The van der Waals surface area contributed by atoms with Crippen LogP contribution in [0.25, 0.3) is 5.69 Å². The molecule has 0 aliphatic rings. The summed E-state index contributed by atoms with van der Waals surface area (Å²) in [5.41, 5.74) is -1.05. The van der Waals surface area contributed by atoms with Crippen molar-refractivity contribution in [1.82, 2.24) is 20.1 Å². The number of hydrogen-bond donors (Lipinski definition) is 2. The number of carbonyl (C=O) groups excluding carboxylic acids is 1. The lowest BCUT2D eigenvalue weighted by molar-refractivity contribution is -0.137. The lowest BCUT2D eigenvalue weighted by atomic mass is 10.1. The Bertz CT molecular complexity index is 652. The van der Waals surface area contributed by atoms with Gasteiger partial charge in [-0.2, -0.15) is 18.3 Å². The molecular formula is C13H14F3N5O. The third-order valence-electron chi connectivity index (χ3n) is 2.65. The maximum atomic E-state index is 13.2. The maximum absolute atomic E-state index is 13.2. The van der Waals surface area contributed by atoms with Crippen molar-refractivity contribution >= 4 is 11.7 Å². The van der Waals surface area contributed by atoms with Crippen LogP contribution in [0, 0.1) is 0 Å². The van der Waals surface area contributed by atoms with Gasteiger partial charge in [0.15, 0.2) is 0 Å². The lowest BCUT2D eigenvalue weighted by Gasteiger charge is -2.15. The molecule has 1 heterocycles. The molecule has 2 N–H and O–H groups in total. The molecule has 0 atom stereocenters. The summed E-state index contributed by atoms with van der Waals surface area (Å²) in [5, 5.41) is 8.59. The molecule has 1 aromatic carbocycles. The van der Waals surface area contributed by atoms with Gasteiger partial charge < -0.3 is 10.6 Å². The molecule has 0 unspecified atom stereocenters. The van der Waals surface area contributed by atoms with Crippen LogP contribution in [0.2, 0.25) is 0 Å². The van der Waals surface area contributed by atoms with Crippen LogP contribution in [0.1, 0.15) is 19.4 Å². The summed E-state index contributed by atoms with van der Waals surface area (Å²) in [5.74, 6) is 0. The van der Waals surface area contributed by atoms with Crippen LogP contribution in [0.3, 0.4) is 0 Å². The van der Waals surface area contributed by atoms with Gasteiger partial charge in [0, 0.05) is 11.7 Å². The van der Waals surface area contributed by atoms with Crippen LogP contribution in [0.4, 0.5) is 23.7 Å². The Balaban J connectivity index is 2.34. The van der Waals surface area contributed by atoms with Gasteiger partial charge in [-0.3, -0.25) is 0 Å². The monoisotopic (exact) mass is 313 g/mol. The molecule has 9 heteroatoms. The van der Waals surface area contributed by atoms with E-state index in [1.54, 1.807) is 13.8 Å². The Labute approximate surface area is 124 Å². The van der Waals surface area contributed by atoms with E-state index in [1.807, 2.05) is 0 Å². The Morgan fingerprint density at radius 1 is 1.32 bits per heavy atom. The van der Waals surface area contributed by atoms with Crippen molar-refractivity contribution < 1.29 is 18.0 Å². The molecule has 0 spiro atoms. The summed E-state index contributed by atoms with van der Waals surface area (Å²) in [4.78, 5) is 15.2. The zero-order valence-electron chi connectivity index (χ0n) is 11.8. The number of urea groups is 1. The van der Waals surface area contributed by atoms with Crippen molar-refractivity contribution in [2.45, 2.75) is 26.1 Å². The average Bonchev–Trinajstić information content (AvgIpc) is 2.90. The van der Waals surface area contributed by atoms with E-state index in [0.29, 0.717) is 0 Å².